The van der Waals surface area contributed by atoms with Gasteiger partial charge in [0.15, 0.2) is 0 Å². The van der Waals surface area contributed by atoms with Gasteiger partial charge in [0.1, 0.15) is 0 Å². The molecule has 0 unspecified atom stereocenters. The van der Waals surface area contributed by atoms with Gasteiger partial charge in [0.2, 0.25) is 0 Å². The van der Waals surface area contributed by atoms with E-state index in [1.807, 2.05) is 13.0 Å². The average molecular weight is 198 g/mol. The first-order valence-corrected chi connectivity index (χ1v) is 5.34. The third-order valence-electron chi connectivity index (χ3n) is 3.19. The van der Waals surface area contributed by atoms with Crippen molar-refractivity contribution in [3.05, 3.63) is 41.6 Å². The van der Waals surface area contributed by atoms with Crippen LogP contribution in [0.4, 0.5) is 0 Å². The van der Waals surface area contributed by atoms with Crippen LogP contribution < -0.4 is 5.73 Å². The molecule has 1 aliphatic carbocycles. The lowest BCUT2D eigenvalue weighted by Gasteiger charge is -2.09. The lowest BCUT2D eigenvalue weighted by molar-refractivity contribution is 0.741. The molecule has 76 valence electrons. The van der Waals surface area contributed by atoms with Gasteiger partial charge in [0.05, 0.1) is 5.52 Å². The lowest BCUT2D eigenvalue weighted by Crippen LogP contribution is -2.18. The number of pyridine rings is 1. The molecule has 0 amide bonds. The Morgan fingerprint density at radius 3 is 2.73 bits per heavy atom. The van der Waals surface area contributed by atoms with Gasteiger partial charge in [-0.25, -0.2) is 0 Å². The quantitative estimate of drug-likeness (QED) is 0.764. The summed E-state index contributed by atoms with van der Waals surface area (Å²) in [5, 5.41) is 1.19. The average Bonchev–Trinajstić information content (AvgIpc) is 2.97. The summed E-state index contributed by atoms with van der Waals surface area (Å²) in [6.45, 7) is 2.01. The van der Waals surface area contributed by atoms with E-state index in [1.165, 1.54) is 10.9 Å². The molecule has 0 saturated heterocycles. The molecule has 0 spiro atoms. The second-order valence-electron chi connectivity index (χ2n) is 4.52. The summed E-state index contributed by atoms with van der Waals surface area (Å²) >= 11 is 0. The molecule has 0 aliphatic heterocycles. The zero-order chi connectivity index (χ0) is 10.5. The molecule has 0 radical (unpaired) electrons. The van der Waals surface area contributed by atoms with Crippen molar-refractivity contribution in [2.75, 3.05) is 0 Å². The predicted octanol–water partition coefficient (Wildman–Crippen LogP) is 2.49. The van der Waals surface area contributed by atoms with E-state index in [-0.39, 0.29) is 5.54 Å². The third kappa shape index (κ3) is 1.41. The highest BCUT2D eigenvalue weighted by molar-refractivity contribution is 5.79. The van der Waals surface area contributed by atoms with Crippen molar-refractivity contribution in [2.24, 2.45) is 5.73 Å². The maximum absolute atomic E-state index is 6.17. The summed E-state index contributed by atoms with van der Waals surface area (Å²) in [5.74, 6) is 0. The fourth-order valence-corrected chi connectivity index (χ4v) is 1.96. The maximum atomic E-state index is 6.17. The molecule has 3 rings (SSSR count). The summed E-state index contributed by atoms with van der Waals surface area (Å²) in [5.41, 5.74) is 9.49. The molecule has 0 bridgehead atoms. The van der Waals surface area contributed by atoms with E-state index in [9.17, 15) is 0 Å². The van der Waals surface area contributed by atoms with Gasteiger partial charge in [-0.2, -0.15) is 0 Å². The summed E-state index contributed by atoms with van der Waals surface area (Å²) in [4.78, 5) is 4.48. The van der Waals surface area contributed by atoms with Gasteiger partial charge in [0, 0.05) is 16.6 Å². The topological polar surface area (TPSA) is 38.9 Å². The highest BCUT2D eigenvalue weighted by Crippen LogP contribution is 2.43. The monoisotopic (exact) mass is 198 g/mol. The van der Waals surface area contributed by atoms with Crippen molar-refractivity contribution in [2.45, 2.75) is 25.3 Å². The molecule has 1 aliphatic rings. The first-order chi connectivity index (χ1) is 7.17. The van der Waals surface area contributed by atoms with Crippen molar-refractivity contribution in [1.29, 1.82) is 0 Å². The minimum Gasteiger partial charge on any atom is -0.321 e. The summed E-state index contributed by atoms with van der Waals surface area (Å²) in [6.07, 6.45) is 2.22. The van der Waals surface area contributed by atoms with E-state index in [1.54, 1.807) is 0 Å². The Labute approximate surface area is 89.1 Å². The number of aryl methyl sites for hydroxylation is 1. The smallest absolute Gasteiger partial charge is 0.0705 e. The summed E-state index contributed by atoms with van der Waals surface area (Å²) in [6, 6.07) is 10.5. The van der Waals surface area contributed by atoms with Crippen molar-refractivity contribution in [3.8, 4) is 0 Å². The number of fused-ring (bicyclic) bond motifs is 1. The van der Waals surface area contributed by atoms with E-state index in [4.69, 9.17) is 5.73 Å². The van der Waals surface area contributed by atoms with Crippen LogP contribution in [0.25, 0.3) is 10.9 Å². The van der Waals surface area contributed by atoms with Crippen molar-refractivity contribution in [1.82, 2.24) is 4.98 Å². The van der Waals surface area contributed by atoms with Gasteiger partial charge in [-0.15, -0.1) is 0 Å². The van der Waals surface area contributed by atoms with E-state index >= 15 is 0 Å². The highest BCUT2D eigenvalue weighted by atomic mass is 14.8. The number of hydrogen-bond donors (Lipinski definition) is 1. The maximum Gasteiger partial charge on any atom is 0.0705 e. The fourth-order valence-electron chi connectivity index (χ4n) is 1.96. The second kappa shape index (κ2) is 2.80. The number of aromatic nitrogens is 1. The molecule has 1 aromatic carbocycles. The number of rotatable bonds is 1. The van der Waals surface area contributed by atoms with Crippen LogP contribution in [-0.2, 0) is 5.54 Å². The van der Waals surface area contributed by atoms with Crippen LogP contribution in [0, 0.1) is 6.92 Å². The van der Waals surface area contributed by atoms with Crippen LogP contribution in [0.2, 0.25) is 0 Å². The Hall–Kier alpha value is -1.41. The molecule has 15 heavy (non-hydrogen) atoms. The van der Waals surface area contributed by atoms with Crippen LogP contribution in [0.5, 0.6) is 0 Å². The van der Waals surface area contributed by atoms with Gasteiger partial charge in [0.25, 0.3) is 0 Å². The standard InChI is InChI=1S/C13H14N2/c1-9-2-3-10-8-11(13(14)6-7-13)4-5-12(10)15-9/h2-5,8H,6-7,14H2,1H3. The first kappa shape index (κ1) is 8.86. The largest absolute Gasteiger partial charge is 0.321 e. The van der Waals surface area contributed by atoms with E-state index in [0.717, 1.165) is 24.1 Å². The van der Waals surface area contributed by atoms with Crippen LogP contribution in [-0.4, -0.2) is 4.98 Å². The SMILES string of the molecule is Cc1ccc2cc(C3(N)CC3)ccc2n1. The summed E-state index contributed by atoms with van der Waals surface area (Å²) < 4.78 is 0. The van der Waals surface area contributed by atoms with E-state index < -0.39 is 0 Å². The van der Waals surface area contributed by atoms with Gasteiger partial charge in [-0.1, -0.05) is 12.1 Å². The second-order valence-corrected chi connectivity index (χ2v) is 4.52. The third-order valence-corrected chi connectivity index (χ3v) is 3.19. The molecule has 1 saturated carbocycles. The zero-order valence-corrected chi connectivity index (χ0v) is 8.83. The van der Waals surface area contributed by atoms with Crippen LogP contribution >= 0.6 is 0 Å². The first-order valence-electron chi connectivity index (χ1n) is 5.34. The van der Waals surface area contributed by atoms with Gasteiger partial charge in [-0.05, 0) is 43.5 Å². The number of nitrogens with zero attached hydrogens (tertiary/aromatic N) is 1. The number of nitrogens with two attached hydrogens (primary N) is 1. The Morgan fingerprint density at radius 1 is 1.20 bits per heavy atom. The van der Waals surface area contributed by atoms with Crippen LogP contribution in [0.1, 0.15) is 24.1 Å². The Kier molecular flexibility index (Phi) is 1.65. The van der Waals surface area contributed by atoms with E-state index in [0.29, 0.717) is 0 Å². The number of hydrogen-bond acceptors (Lipinski definition) is 2. The van der Waals surface area contributed by atoms with E-state index in [2.05, 4.69) is 29.2 Å². The molecule has 1 heterocycles. The molecule has 2 heteroatoms. The molecule has 2 N–H and O–H groups in total. The molecule has 1 aromatic heterocycles. The van der Waals surface area contributed by atoms with Crippen molar-refractivity contribution < 1.29 is 0 Å². The van der Waals surface area contributed by atoms with Gasteiger partial charge < -0.3 is 5.73 Å². The number of benzene rings is 1. The molecule has 2 aromatic rings. The molecular formula is C13H14N2. The predicted molar refractivity (Wildman–Crippen MR) is 61.6 cm³/mol. The molecule has 1 fully saturated rings. The Bertz CT molecular complexity index is 527. The zero-order valence-electron chi connectivity index (χ0n) is 8.83. The van der Waals surface area contributed by atoms with Crippen molar-refractivity contribution >= 4 is 10.9 Å². The normalized spacial score (nSPS) is 18.0. The van der Waals surface area contributed by atoms with Crippen LogP contribution in [0.15, 0.2) is 30.3 Å². The highest BCUT2D eigenvalue weighted by Gasteiger charge is 2.39. The summed E-state index contributed by atoms with van der Waals surface area (Å²) in [7, 11) is 0. The molecule has 2 nitrogen and oxygen atoms in total. The molecule has 0 atom stereocenters. The van der Waals surface area contributed by atoms with Gasteiger partial charge >= 0.3 is 0 Å². The molecular weight excluding hydrogens is 184 g/mol. The van der Waals surface area contributed by atoms with Gasteiger partial charge in [-0.3, -0.25) is 4.98 Å². The Morgan fingerprint density at radius 2 is 2.00 bits per heavy atom. The van der Waals surface area contributed by atoms with Crippen LogP contribution in [0.3, 0.4) is 0 Å². The fraction of sp³-hybridized carbons (Fsp3) is 0.308. The Balaban J connectivity index is 2.18. The van der Waals surface area contributed by atoms with Crippen molar-refractivity contribution in [3.63, 3.8) is 0 Å². The minimum atomic E-state index is -0.0426. The lowest BCUT2D eigenvalue weighted by atomic mass is 10.0. The minimum absolute atomic E-state index is 0.0426.